The molecule has 0 aliphatic carbocycles. The second kappa shape index (κ2) is 9.21. The van der Waals surface area contributed by atoms with Gasteiger partial charge in [-0.25, -0.2) is 4.98 Å². The van der Waals surface area contributed by atoms with Crippen LogP contribution in [0.5, 0.6) is 0 Å². The molecule has 3 N–H and O–H groups in total. The maximum Gasteiger partial charge on any atom is 0.254 e. The maximum absolute atomic E-state index is 12.4. The summed E-state index contributed by atoms with van der Waals surface area (Å²) in [5.41, 5.74) is 2.91. The molecule has 1 aliphatic heterocycles. The van der Waals surface area contributed by atoms with Crippen molar-refractivity contribution >= 4 is 34.4 Å². The normalized spacial score (nSPS) is 15.8. The number of imidazole rings is 1. The molecule has 3 amide bonds. The van der Waals surface area contributed by atoms with Gasteiger partial charge in [0.1, 0.15) is 11.9 Å². The molecule has 1 aliphatic rings. The minimum Gasteiger partial charge on any atom is -0.356 e. The standard InChI is InChI=1S/C24H27N5O3/c1-15(2)29-20-11-6-5-10-18(20)26-21(29)12-7-13-25-22(30)14-19-24(32)27-17-9-4-3-8-16(17)23(31)28-19/h3-6,8-11,15,19H,7,12-14H2,1-2H3,(H,25,30)(H,27,32)(H,28,31). The maximum atomic E-state index is 12.4. The summed E-state index contributed by atoms with van der Waals surface area (Å²) in [6.45, 7) is 4.72. The van der Waals surface area contributed by atoms with Gasteiger partial charge in [0.15, 0.2) is 0 Å². The molecule has 32 heavy (non-hydrogen) atoms. The second-order valence-electron chi connectivity index (χ2n) is 8.20. The highest BCUT2D eigenvalue weighted by Gasteiger charge is 2.29. The Morgan fingerprint density at radius 3 is 2.69 bits per heavy atom. The molecule has 1 aromatic heterocycles. The van der Waals surface area contributed by atoms with Crippen molar-refractivity contribution in [2.45, 2.75) is 45.2 Å². The lowest BCUT2D eigenvalue weighted by molar-refractivity contribution is -0.125. The van der Waals surface area contributed by atoms with Crippen molar-refractivity contribution in [3.05, 3.63) is 59.9 Å². The molecule has 166 valence electrons. The van der Waals surface area contributed by atoms with Gasteiger partial charge in [0.05, 0.1) is 28.7 Å². The first-order chi connectivity index (χ1) is 15.4. The number of anilines is 1. The molecule has 0 saturated carbocycles. The number of hydrogen-bond donors (Lipinski definition) is 3. The highest BCUT2D eigenvalue weighted by Crippen LogP contribution is 2.22. The third-order valence-electron chi connectivity index (χ3n) is 5.53. The molecule has 8 nitrogen and oxygen atoms in total. The van der Waals surface area contributed by atoms with Gasteiger partial charge in [-0.3, -0.25) is 14.4 Å². The number of hydrogen-bond acceptors (Lipinski definition) is 4. The van der Waals surface area contributed by atoms with Crippen LogP contribution in [0.4, 0.5) is 5.69 Å². The molecule has 0 bridgehead atoms. The van der Waals surface area contributed by atoms with Gasteiger partial charge in [-0.05, 0) is 44.5 Å². The molecule has 2 aromatic carbocycles. The number of carbonyl (C=O) groups is 3. The number of rotatable bonds is 7. The second-order valence-corrected chi connectivity index (χ2v) is 8.20. The Kier molecular flexibility index (Phi) is 6.20. The van der Waals surface area contributed by atoms with Crippen LogP contribution in [0.15, 0.2) is 48.5 Å². The van der Waals surface area contributed by atoms with Crippen molar-refractivity contribution in [1.29, 1.82) is 0 Å². The molecule has 0 spiro atoms. The van der Waals surface area contributed by atoms with Crippen LogP contribution in [-0.4, -0.2) is 39.9 Å². The lowest BCUT2D eigenvalue weighted by Gasteiger charge is -2.15. The number of carbonyl (C=O) groups excluding carboxylic acids is 3. The molecule has 8 heteroatoms. The Morgan fingerprint density at radius 2 is 1.88 bits per heavy atom. The number of aromatic nitrogens is 2. The van der Waals surface area contributed by atoms with Crippen LogP contribution in [0.1, 0.15) is 48.9 Å². The van der Waals surface area contributed by atoms with Crippen molar-refractivity contribution in [2.24, 2.45) is 0 Å². The fourth-order valence-electron chi connectivity index (χ4n) is 4.03. The predicted octanol–water partition coefficient (Wildman–Crippen LogP) is 2.81. The van der Waals surface area contributed by atoms with Crippen LogP contribution in [0, 0.1) is 0 Å². The first kappa shape index (κ1) is 21.5. The molecular formula is C24H27N5O3. The average Bonchev–Trinajstić information content (AvgIpc) is 3.09. The predicted molar refractivity (Wildman–Crippen MR) is 122 cm³/mol. The number of nitrogens with zero attached hydrogens (tertiary/aromatic N) is 2. The number of benzene rings is 2. The van der Waals surface area contributed by atoms with Crippen molar-refractivity contribution in [2.75, 3.05) is 11.9 Å². The first-order valence-corrected chi connectivity index (χ1v) is 10.9. The van der Waals surface area contributed by atoms with E-state index in [-0.39, 0.29) is 24.3 Å². The Morgan fingerprint density at radius 1 is 1.12 bits per heavy atom. The van der Waals surface area contributed by atoms with E-state index in [1.807, 2.05) is 18.2 Å². The molecule has 2 heterocycles. The van der Waals surface area contributed by atoms with Gasteiger partial charge >= 0.3 is 0 Å². The SMILES string of the molecule is CC(C)n1c(CCCNC(=O)CC2NC(=O)c3ccccc3NC2=O)nc2ccccc21. The van der Waals surface area contributed by atoms with Crippen LogP contribution >= 0.6 is 0 Å². The summed E-state index contributed by atoms with van der Waals surface area (Å²) < 4.78 is 2.22. The summed E-state index contributed by atoms with van der Waals surface area (Å²) in [4.78, 5) is 42.0. The molecule has 1 atom stereocenters. The van der Waals surface area contributed by atoms with E-state index < -0.39 is 11.9 Å². The van der Waals surface area contributed by atoms with E-state index in [1.54, 1.807) is 24.3 Å². The van der Waals surface area contributed by atoms with Gasteiger partial charge in [0, 0.05) is 19.0 Å². The van der Waals surface area contributed by atoms with Crippen molar-refractivity contribution in [3.63, 3.8) is 0 Å². The summed E-state index contributed by atoms with van der Waals surface area (Å²) in [7, 11) is 0. The fourth-order valence-corrected chi connectivity index (χ4v) is 4.03. The molecular weight excluding hydrogens is 406 g/mol. The van der Waals surface area contributed by atoms with Gasteiger partial charge in [-0.15, -0.1) is 0 Å². The van der Waals surface area contributed by atoms with Crippen LogP contribution < -0.4 is 16.0 Å². The number of aryl methyl sites for hydroxylation is 1. The average molecular weight is 434 g/mol. The van der Waals surface area contributed by atoms with E-state index in [0.29, 0.717) is 17.8 Å². The van der Waals surface area contributed by atoms with Crippen LogP contribution in [0.3, 0.4) is 0 Å². The summed E-state index contributed by atoms with van der Waals surface area (Å²) in [6.07, 6.45) is 1.33. The minimum atomic E-state index is -0.917. The molecule has 4 rings (SSSR count). The molecule has 0 radical (unpaired) electrons. The third-order valence-corrected chi connectivity index (χ3v) is 5.53. The van der Waals surface area contributed by atoms with Crippen molar-refractivity contribution in [1.82, 2.24) is 20.2 Å². The lowest BCUT2D eigenvalue weighted by Crippen LogP contribution is -2.44. The number of para-hydroxylation sites is 3. The molecule has 1 unspecified atom stereocenters. The highest BCUT2D eigenvalue weighted by atomic mass is 16.2. The Labute approximate surface area is 186 Å². The number of nitrogens with one attached hydrogen (secondary N) is 3. The van der Waals surface area contributed by atoms with Gasteiger partial charge in [-0.2, -0.15) is 0 Å². The summed E-state index contributed by atoms with van der Waals surface area (Å²) in [6, 6.07) is 14.2. The van der Waals surface area contributed by atoms with Crippen molar-refractivity contribution < 1.29 is 14.4 Å². The lowest BCUT2D eigenvalue weighted by atomic mass is 10.1. The first-order valence-electron chi connectivity index (χ1n) is 10.9. The molecule has 3 aromatic rings. The minimum absolute atomic E-state index is 0.115. The number of amides is 3. The van der Waals surface area contributed by atoms with E-state index >= 15 is 0 Å². The summed E-state index contributed by atoms with van der Waals surface area (Å²) >= 11 is 0. The monoisotopic (exact) mass is 433 g/mol. The van der Waals surface area contributed by atoms with Crippen molar-refractivity contribution in [3.8, 4) is 0 Å². The van der Waals surface area contributed by atoms with E-state index in [2.05, 4.69) is 40.4 Å². The van der Waals surface area contributed by atoms with Gasteiger partial charge in [-0.1, -0.05) is 24.3 Å². The van der Waals surface area contributed by atoms with E-state index in [4.69, 9.17) is 4.98 Å². The zero-order valence-corrected chi connectivity index (χ0v) is 18.2. The summed E-state index contributed by atoms with van der Waals surface area (Å²) in [5, 5.41) is 8.21. The van der Waals surface area contributed by atoms with Gasteiger partial charge in [0.2, 0.25) is 11.8 Å². The van der Waals surface area contributed by atoms with Crippen LogP contribution in [0.25, 0.3) is 11.0 Å². The van der Waals surface area contributed by atoms with Gasteiger partial charge in [0.25, 0.3) is 5.91 Å². The largest absolute Gasteiger partial charge is 0.356 e. The third kappa shape index (κ3) is 4.49. The Balaban J connectivity index is 1.31. The molecule has 0 fully saturated rings. The Hall–Kier alpha value is -3.68. The Bertz CT molecular complexity index is 1170. The highest BCUT2D eigenvalue weighted by molar-refractivity contribution is 6.10. The van der Waals surface area contributed by atoms with Crippen LogP contribution in [-0.2, 0) is 16.0 Å². The quantitative estimate of drug-likeness (QED) is 0.498. The van der Waals surface area contributed by atoms with Crippen LogP contribution in [0.2, 0.25) is 0 Å². The smallest absolute Gasteiger partial charge is 0.254 e. The van der Waals surface area contributed by atoms with E-state index in [0.717, 1.165) is 29.7 Å². The van der Waals surface area contributed by atoms with E-state index in [1.165, 1.54) is 0 Å². The summed E-state index contributed by atoms with van der Waals surface area (Å²) in [5.74, 6) is -0.0640. The van der Waals surface area contributed by atoms with E-state index in [9.17, 15) is 14.4 Å². The topological polar surface area (TPSA) is 105 Å². The van der Waals surface area contributed by atoms with Gasteiger partial charge < -0.3 is 20.5 Å². The molecule has 0 saturated heterocycles. The fraction of sp³-hybridized carbons (Fsp3) is 0.333. The number of fused-ring (bicyclic) bond motifs is 2. The zero-order chi connectivity index (χ0) is 22.7. The zero-order valence-electron chi connectivity index (χ0n) is 18.2.